The SMILES string of the molecule is CCCCCCC(=O)CC12c3ccccc3C3(CC(=O)CCCCCC)c4ccccc4C(CC(=O)CCCCCC)(c4ccccc41)C23C. The molecule has 3 nitrogen and oxygen atoms in total. The number of unbranched alkanes of at least 4 members (excludes halogenated alkanes) is 9. The van der Waals surface area contributed by atoms with Crippen LogP contribution >= 0.6 is 0 Å². The van der Waals surface area contributed by atoms with Gasteiger partial charge in [-0.05, 0) is 52.6 Å². The van der Waals surface area contributed by atoms with E-state index in [1.165, 1.54) is 33.4 Å². The molecule has 0 atom stereocenters. The van der Waals surface area contributed by atoms with Crippen molar-refractivity contribution in [2.24, 2.45) is 5.41 Å². The number of hydrogen-bond acceptors (Lipinski definition) is 3. The predicted molar refractivity (Wildman–Crippen MR) is 205 cm³/mol. The summed E-state index contributed by atoms with van der Waals surface area (Å²) in [6, 6.07) is 26.4. The van der Waals surface area contributed by atoms with Crippen LogP contribution < -0.4 is 0 Å². The van der Waals surface area contributed by atoms with Crippen molar-refractivity contribution in [3.05, 3.63) is 106 Å². The molecule has 6 rings (SSSR count). The van der Waals surface area contributed by atoms with Crippen molar-refractivity contribution in [2.75, 3.05) is 0 Å². The molecular weight excluding hydrogens is 613 g/mol. The Kier molecular flexibility index (Phi) is 11.0. The molecule has 0 radical (unpaired) electrons. The lowest BCUT2D eigenvalue weighted by molar-refractivity contribution is -0.124. The Morgan fingerprint density at radius 2 is 0.640 bits per heavy atom. The molecule has 3 heteroatoms. The third-order valence-corrected chi connectivity index (χ3v) is 13.4. The first kappa shape index (κ1) is 36.5. The maximum atomic E-state index is 14.5. The number of carbonyl (C=O) groups is 3. The van der Waals surface area contributed by atoms with Crippen LogP contribution in [0.25, 0.3) is 0 Å². The summed E-state index contributed by atoms with van der Waals surface area (Å²) in [5.41, 5.74) is 4.56. The fourth-order valence-electron chi connectivity index (χ4n) is 11.3. The maximum absolute atomic E-state index is 14.5. The molecule has 3 aliphatic carbocycles. The van der Waals surface area contributed by atoms with Crippen molar-refractivity contribution in [1.29, 1.82) is 0 Å². The zero-order chi connectivity index (χ0) is 35.4. The topological polar surface area (TPSA) is 51.2 Å². The lowest BCUT2D eigenvalue weighted by atomic mass is 9.47. The maximum Gasteiger partial charge on any atom is 0.134 e. The van der Waals surface area contributed by atoms with Gasteiger partial charge in [-0.3, -0.25) is 14.4 Å². The first-order valence-corrected chi connectivity index (χ1v) is 20.1. The summed E-state index contributed by atoms with van der Waals surface area (Å²) >= 11 is 0. The van der Waals surface area contributed by atoms with E-state index < -0.39 is 21.7 Å². The van der Waals surface area contributed by atoms with E-state index in [0.29, 0.717) is 55.9 Å². The van der Waals surface area contributed by atoms with Crippen LogP contribution in [0.1, 0.15) is 177 Å². The van der Waals surface area contributed by atoms with Crippen LogP contribution in [0.5, 0.6) is 0 Å². The summed E-state index contributed by atoms with van der Waals surface area (Å²) in [5.74, 6) is 0.892. The Morgan fingerprint density at radius 3 is 0.860 bits per heavy atom. The Hall–Kier alpha value is -3.33. The average Bonchev–Trinajstić information content (AvgIpc) is 3.53. The normalized spacial score (nSPS) is 25.2. The average molecular weight is 673 g/mol. The highest BCUT2D eigenvalue weighted by Gasteiger charge is 2.83. The molecule has 0 bridgehead atoms. The summed E-state index contributed by atoms with van der Waals surface area (Å²) in [5, 5.41) is 0. The minimum absolute atomic E-state index is 0.297. The highest BCUT2D eigenvalue weighted by Crippen LogP contribution is 2.84. The standard InChI is InChI=1S/C47H60O3/c1-5-8-11-14-23-35(48)32-45-38-26-17-19-28-40(38)46(33-36(49)24-15-12-9-6-2)42-30-21-22-31-43(42)47(44(45,46)4,41-29-20-18-27-39(41)45)34-37(50)25-16-13-10-7-3/h17-22,26-31H,5-16,23-25,32-34H2,1-4H3. The Bertz CT molecular complexity index is 1430. The van der Waals surface area contributed by atoms with Gasteiger partial charge in [0.15, 0.2) is 0 Å². The van der Waals surface area contributed by atoms with Crippen molar-refractivity contribution in [1.82, 2.24) is 0 Å². The third-order valence-electron chi connectivity index (χ3n) is 13.4. The zero-order valence-corrected chi connectivity index (χ0v) is 31.4. The van der Waals surface area contributed by atoms with E-state index in [0.717, 1.165) is 77.0 Å². The molecule has 0 saturated heterocycles. The molecule has 3 aliphatic rings. The second-order valence-corrected chi connectivity index (χ2v) is 16.1. The van der Waals surface area contributed by atoms with Gasteiger partial charge in [0, 0.05) is 60.2 Å². The van der Waals surface area contributed by atoms with Gasteiger partial charge < -0.3 is 0 Å². The quantitative estimate of drug-likeness (QED) is 0.106. The molecule has 0 heterocycles. The van der Waals surface area contributed by atoms with E-state index in [2.05, 4.69) is 100 Å². The van der Waals surface area contributed by atoms with Gasteiger partial charge in [0.25, 0.3) is 0 Å². The second-order valence-electron chi connectivity index (χ2n) is 16.1. The Balaban J connectivity index is 1.60. The molecule has 0 saturated carbocycles. The van der Waals surface area contributed by atoms with Gasteiger partial charge in [0.1, 0.15) is 17.3 Å². The van der Waals surface area contributed by atoms with Crippen LogP contribution in [-0.4, -0.2) is 17.3 Å². The molecular formula is C47H60O3. The van der Waals surface area contributed by atoms with Crippen LogP contribution in [0.3, 0.4) is 0 Å². The Morgan fingerprint density at radius 1 is 0.400 bits per heavy atom. The van der Waals surface area contributed by atoms with E-state index in [9.17, 15) is 14.4 Å². The van der Waals surface area contributed by atoms with Gasteiger partial charge in [-0.2, -0.15) is 0 Å². The molecule has 0 amide bonds. The molecule has 3 aromatic carbocycles. The number of carbonyl (C=O) groups excluding carboxylic acids is 3. The molecule has 3 aromatic rings. The number of ketones is 3. The van der Waals surface area contributed by atoms with E-state index >= 15 is 0 Å². The lowest BCUT2D eigenvalue weighted by Crippen LogP contribution is -2.56. The number of fused-ring (bicyclic) bond motifs is 9. The van der Waals surface area contributed by atoms with Crippen LogP contribution in [0, 0.1) is 5.41 Å². The van der Waals surface area contributed by atoms with Gasteiger partial charge in [0.05, 0.1) is 0 Å². The van der Waals surface area contributed by atoms with Gasteiger partial charge in [-0.15, -0.1) is 0 Å². The molecule has 0 aliphatic heterocycles. The van der Waals surface area contributed by atoms with E-state index in [-0.39, 0.29) is 0 Å². The molecule has 0 fully saturated rings. The number of benzene rings is 3. The number of rotatable bonds is 21. The van der Waals surface area contributed by atoms with Crippen LogP contribution in [0.2, 0.25) is 0 Å². The largest absolute Gasteiger partial charge is 0.300 e. The van der Waals surface area contributed by atoms with Gasteiger partial charge in [-0.25, -0.2) is 0 Å². The van der Waals surface area contributed by atoms with E-state index in [4.69, 9.17) is 0 Å². The fourth-order valence-corrected chi connectivity index (χ4v) is 11.3. The molecule has 266 valence electrons. The van der Waals surface area contributed by atoms with Crippen molar-refractivity contribution in [3.63, 3.8) is 0 Å². The van der Waals surface area contributed by atoms with Crippen molar-refractivity contribution < 1.29 is 14.4 Å². The predicted octanol–water partition coefficient (Wildman–Crippen LogP) is 11.7. The van der Waals surface area contributed by atoms with Crippen LogP contribution in [0.15, 0.2) is 72.8 Å². The summed E-state index contributed by atoms with van der Waals surface area (Å²) < 4.78 is 0. The van der Waals surface area contributed by atoms with E-state index in [1.54, 1.807) is 0 Å². The molecule has 0 unspecified atom stereocenters. The highest BCUT2D eigenvalue weighted by atomic mass is 16.1. The van der Waals surface area contributed by atoms with Gasteiger partial charge >= 0.3 is 0 Å². The Labute approximate surface area is 302 Å². The van der Waals surface area contributed by atoms with Crippen LogP contribution in [-0.2, 0) is 30.6 Å². The summed E-state index contributed by atoms with van der Waals surface area (Å²) in [4.78, 5) is 43.5. The third kappa shape index (κ3) is 5.39. The lowest BCUT2D eigenvalue weighted by Gasteiger charge is -2.53. The van der Waals surface area contributed by atoms with Gasteiger partial charge in [-0.1, -0.05) is 158 Å². The first-order chi connectivity index (χ1) is 24.3. The fraction of sp³-hybridized carbons (Fsp3) is 0.553. The monoisotopic (exact) mass is 672 g/mol. The summed E-state index contributed by atoms with van der Waals surface area (Å²) in [7, 11) is 0. The smallest absolute Gasteiger partial charge is 0.134 e. The minimum Gasteiger partial charge on any atom is -0.300 e. The molecule has 0 N–H and O–H groups in total. The molecule has 50 heavy (non-hydrogen) atoms. The van der Waals surface area contributed by atoms with E-state index in [1.807, 2.05) is 0 Å². The minimum atomic E-state index is -0.661. The first-order valence-electron chi connectivity index (χ1n) is 20.1. The van der Waals surface area contributed by atoms with Crippen molar-refractivity contribution >= 4 is 17.3 Å². The number of Topliss-reactive ketones (excluding diaryl/α,β-unsaturated/α-hetero) is 3. The molecule has 0 aromatic heterocycles. The second kappa shape index (κ2) is 15.1. The number of hydrogen-bond donors (Lipinski definition) is 0. The highest BCUT2D eigenvalue weighted by molar-refractivity contribution is 5.91. The molecule has 0 spiro atoms. The van der Waals surface area contributed by atoms with Gasteiger partial charge in [0.2, 0.25) is 0 Å². The van der Waals surface area contributed by atoms with Crippen molar-refractivity contribution in [3.8, 4) is 0 Å². The van der Waals surface area contributed by atoms with Crippen molar-refractivity contribution in [2.45, 2.75) is 160 Å². The summed E-state index contributed by atoms with van der Waals surface area (Å²) in [6.07, 6.45) is 15.7. The zero-order valence-electron chi connectivity index (χ0n) is 31.4. The van der Waals surface area contributed by atoms with Crippen LogP contribution in [0.4, 0.5) is 0 Å². The summed E-state index contributed by atoms with van der Waals surface area (Å²) in [6.45, 7) is 9.03.